The average Bonchev–Trinajstić information content (AvgIpc) is 2.97. The SMILES string of the molecule is N#Cc1ccc(C(=O)O[C@@H]2CCCc3ccccc32)[nH]1. The van der Waals surface area contributed by atoms with E-state index in [0.717, 1.165) is 24.8 Å². The minimum absolute atomic E-state index is 0.193. The summed E-state index contributed by atoms with van der Waals surface area (Å²) >= 11 is 0. The second kappa shape index (κ2) is 5.22. The molecule has 1 atom stereocenters. The number of aromatic amines is 1. The minimum Gasteiger partial charge on any atom is -0.453 e. The van der Waals surface area contributed by atoms with Gasteiger partial charge in [0.1, 0.15) is 23.6 Å². The Morgan fingerprint density at radius 1 is 1.30 bits per heavy atom. The lowest BCUT2D eigenvalue weighted by molar-refractivity contribution is 0.0250. The van der Waals surface area contributed by atoms with E-state index in [-0.39, 0.29) is 6.10 Å². The number of hydrogen-bond donors (Lipinski definition) is 1. The van der Waals surface area contributed by atoms with Crippen molar-refractivity contribution in [2.75, 3.05) is 0 Å². The Balaban J connectivity index is 1.79. The first-order valence-electron chi connectivity index (χ1n) is 6.66. The number of rotatable bonds is 2. The molecule has 0 amide bonds. The Kier molecular flexibility index (Phi) is 3.26. The summed E-state index contributed by atoms with van der Waals surface area (Å²) in [6, 6.07) is 13.2. The van der Waals surface area contributed by atoms with E-state index in [4.69, 9.17) is 10.00 Å². The molecule has 0 fully saturated rings. The highest BCUT2D eigenvalue weighted by molar-refractivity contribution is 5.87. The third-order valence-electron chi connectivity index (χ3n) is 3.59. The molecule has 3 rings (SSSR count). The topological polar surface area (TPSA) is 65.9 Å². The van der Waals surface area contributed by atoms with Crippen LogP contribution in [-0.2, 0) is 11.2 Å². The van der Waals surface area contributed by atoms with Gasteiger partial charge in [-0.25, -0.2) is 4.79 Å². The van der Waals surface area contributed by atoms with Crippen LogP contribution in [0.25, 0.3) is 0 Å². The van der Waals surface area contributed by atoms with E-state index in [9.17, 15) is 4.79 Å². The molecule has 1 aromatic heterocycles. The zero-order valence-electron chi connectivity index (χ0n) is 10.9. The van der Waals surface area contributed by atoms with Gasteiger partial charge in [0.2, 0.25) is 0 Å². The Hall–Kier alpha value is -2.54. The first-order valence-corrected chi connectivity index (χ1v) is 6.66. The molecule has 0 spiro atoms. The monoisotopic (exact) mass is 266 g/mol. The van der Waals surface area contributed by atoms with Crippen molar-refractivity contribution >= 4 is 5.97 Å². The van der Waals surface area contributed by atoms with Gasteiger partial charge in [0, 0.05) is 0 Å². The highest BCUT2D eigenvalue weighted by Gasteiger charge is 2.24. The molecule has 1 aromatic carbocycles. The molecule has 20 heavy (non-hydrogen) atoms. The number of nitriles is 1. The molecule has 0 saturated carbocycles. The fourth-order valence-electron chi connectivity index (χ4n) is 2.60. The van der Waals surface area contributed by atoms with Crippen LogP contribution in [0.1, 0.15) is 46.3 Å². The molecule has 0 radical (unpaired) electrons. The minimum atomic E-state index is -0.409. The van der Waals surface area contributed by atoms with Crippen LogP contribution >= 0.6 is 0 Å². The van der Waals surface area contributed by atoms with Crippen LogP contribution in [0.4, 0.5) is 0 Å². The van der Waals surface area contributed by atoms with Gasteiger partial charge < -0.3 is 9.72 Å². The standard InChI is InChI=1S/C16H14N2O2/c17-10-12-8-9-14(18-12)16(19)20-15-7-3-5-11-4-1-2-6-13(11)15/h1-2,4,6,8-9,15,18H,3,5,7H2/t15-/m1/s1. The van der Waals surface area contributed by atoms with Gasteiger partial charge >= 0.3 is 5.97 Å². The number of fused-ring (bicyclic) bond motifs is 1. The lowest BCUT2D eigenvalue weighted by Gasteiger charge is -2.25. The molecule has 0 bridgehead atoms. The van der Waals surface area contributed by atoms with Gasteiger partial charge in [-0.2, -0.15) is 5.26 Å². The van der Waals surface area contributed by atoms with Crippen LogP contribution in [0.2, 0.25) is 0 Å². The van der Waals surface area contributed by atoms with Gasteiger partial charge in [-0.15, -0.1) is 0 Å². The summed E-state index contributed by atoms with van der Waals surface area (Å²) in [6.07, 6.45) is 2.70. The number of hydrogen-bond acceptors (Lipinski definition) is 3. The second-order valence-electron chi connectivity index (χ2n) is 4.88. The van der Waals surface area contributed by atoms with Gasteiger partial charge in [-0.05, 0) is 42.5 Å². The predicted octanol–water partition coefficient (Wildman–Crippen LogP) is 3.12. The fourth-order valence-corrected chi connectivity index (χ4v) is 2.60. The number of nitrogens with zero attached hydrogens (tertiary/aromatic N) is 1. The van der Waals surface area contributed by atoms with Crippen molar-refractivity contribution in [3.63, 3.8) is 0 Å². The van der Waals surface area contributed by atoms with Crippen molar-refractivity contribution in [3.05, 3.63) is 58.9 Å². The summed E-state index contributed by atoms with van der Waals surface area (Å²) in [5.41, 5.74) is 3.03. The van der Waals surface area contributed by atoms with E-state index in [1.165, 1.54) is 5.56 Å². The first kappa shape index (κ1) is 12.5. The summed E-state index contributed by atoms with van der Waals surface area (Å²) in [7, 11) is 0. The molecular formula is C16H14N2O2. The second-order valence-corrected chi connectivity index (χ2v) is 4.88. The van der Waals surface area contributed by atoms with Crippen LogP contribution in [0.15, 0.2) is 36.4 Å². The molecule has 1 aliphatic rings. The van der Waals surface area contributed by atoms with Crippen LogP contribution < -0.4 is 0 Å². The van der Waals surface area contributed by atoms with Crippen molar-refractivity contribution in [3.8, 4) is 6.07 Å². The molecule has 4 nitrogen and oxygen atoms in total. The molecule has 1 aliphatic carbocycles. The largest absolute Gasteiger partial charge is 0.453 e. The lowest BCUT2D eigenvalue weighted by atomic mass is 9.89. The third-order valence-corrected chi connectivity index (χ3v) is 3.59. The predicted molar refractivity (Wildman–Crippen MR) is 73.0 cm³/mol. The van der Waals surface area contributed by atoms with Gasteiger partial charge in [0.05, 0.1) is 0 Å². The normalized spacial score (nSPS) is 17.1. The average molecular weight is 266 g/mol. The Morgan fingerprint density at radius 3 is 2.95 bits per heavy atom. The molecule has 1 N–H and O–H groups in total. The van der Waals surface area contributed by atoms with E-state index in [0.29, 0.717) is 11.4 Å². The van der Waals surface area contributed by atoms with Crippen LogP contribution in [0.5, 0.6) is 0 Å². The number of benzene rings is 1. The number of carbonyl (C=O) groups is 1. The maximum Gasteiger partial charge on any atom is 0.355 e. The highest BCUT2D eigenvalue weighted by atomic mass is 16.5. The molecule has 4 heteroatoms. The molecule has 1 heterocycles. The summed E-state index contributed by atoms with van der Waals surface area (Å²) in [4.78, 5) is 14.8. The number of aromatic nitrogens is 1. The van der Waals surface area contributed by atoms with Crippen molar-refractivity contribution in [1.82, 2.24) is 4.98 Å². The van der Waals surface area contributed by atoms with Gasteiger partial charge in [-0.3, -0.25) is 0 Å². The number of nitrogens with one attached hydrogen (secondary N) is 1. The summed E-state index contributed by atoms with van der Waals surface area (Å²) < 4.78 is 5.58. The molecule has 100 valence electrons. The zero-order chi connectivity index (χ0) is 13.9. The highest BCUT2D eigenvalue weighted by Crippen LogP contribution is 2.32. The Labute approximate surface area is 117 Å². The van der Waals surface area contributed by atoms with Crippen molar-refractivity contribution in [1.29, 1.82) is 5.26 Å². The smallest absolute Gasteiger partial charge is 0.355 e. The fraction of sp³-hybridized carbons (Fsp3) is 0.250. The van der Waals surface area contributed by atoms with Crippen molar-refractivity contribution < 1.29 is 9.53 Å². The quantitative estimate of drug-likeness (QED) is 0.849. The molecule has 2 aromatic rings. The molecular weight excluding hydrogens is 252 g/mol. The van der Waals surface area contributed by atoms with E-state index < -0.39 is 5.97 Å². The van der Waals surface area contributed by atoms with E-state index in [1.54, 1.807) is 12.1 Å². The zero-order valence-corrected chi connectivity index (χ0v) is 10.9. The third kappa shape index (κ3) is 2.30. The van der Waals surface area contributed by atoms with Gasteiger partial charge in [0.25, 0.3) is 0 Å². The lowest BCUT2D eigenvalue weighted by Crippen LogP contribution is -2.17. The summed E-state index contributed by atoms with van der Waals surface area (Å²) in [5.74, 6) is -0.409. The number of esters is 1. The Morgan fingerprint density at radius 2 is 2.15 bits per heavy atom. The Bertz CT molecular complexity index is 682. The van der Waals surface area contributed by atoms with Gasteiger partial charge in [-0.1, -0.05) is 24.3 Å². The van der Waals surface area contributed by atoms with E-state index in [1.807, 2.05) is 24.3 Å². The van der Waals surface area contributed by atoms with Crippen LogP contribution in [-0.4, -0.2) is 11.0 Å². The van der Waals surface area contributed by atoms with Crippen molar-refractivity contribution in [2.24, 2.45) is 0 Å². The number of carbonyl (C=O) groups excluding carboxylic acids is 1. The van der Waals surface area contributed by atoms with Gasteiger partial charge in [0.15, 0.2) is 0 Å². The molecule has 0 aliphatic heterocycles. The van der Waals surface area contributed by atoms with Crippen LogP contribution in [0, 0.1) is 11.3 Å². The maximum absolute atomic E-state index is 12.1. The maximum atomic E-state index is 12.1. The van der Waals surface area contributed by atoms with E-state index in [2.05, 4.69) is 11.1 Å². The summed E-state index contributed by atoms with van der Waals surface area (Å²) in [5, 5.41) is 8.75. The summed E-state index contributed by atoms with van der Waals surface area (Å²) in [6.45, 7) is 0. The van der Waals surface area contributed by atoms with Crippen molar-refractivity contribution in [2.45, 2.75) is 25.4 Å². The number of H-pyrrole nitrogens is 1. The molecule has 0 saturated heterocycles. The van der Waals surface area contributed by atoms with E-state index >= 15 is 0 Å². The number of ether oxygens (including phenoxy) is 1. The van der Waals surface area contributed by atoms with Crippen LogP contribution in [0.3, 0.4) is 0 Å². The number of aryl methyl sites for hydroxylation is 1. The first-order chi connectivity index (χ1) is 9.78. The molecule has 0 unspecified atom stereocenters.